The maximum absolute atomic E-state index is 14.8. The smallest absolute Gasteiger partial charge is 0.408 e. The van der Waals surface area contributed by atoms with E-state index in [0.29, 0.717) is 36.9 Å². The third-order valence-corrected chi connectivity index (χ3v) is 13.4. The number of nitrogens with zero attached hydrogens (tertiary/aromatic N) is 2. The summed E-state index contributed by atoms with van der Waals surface area (Å²) >= 11 is 0. The normalized spacial score (nSPS) is 29.3. The van der Waals surface area contributed by atoms with Gasteiger partial charge in [-0.3, -0.25) is 19.1 Å². The molecule has 0 radical (unpaired) electrons. The zero-order chi connectivity index (χ0) is 40.8. The average Bonchev–Trinajstić information content (AvgIpc) is 3.97. The van der Waals surface area contributed by atoms with E-state index in [2.05, 4.69) is 27.3 Å². The van der Waals surface area contributed by atoms with Crippen LogP contribution < -0.4 is 24.8 Å². The van der Waals surface area contributed by atoms with Gasteiger partial charge in [-0.1, -0.05) is 44.2 Å². The predicted molar refractivity (Wildman–Crippen MR) is 210 cm³/mol. The SMILES string of the molecule is CC1CCC=CC2CC2(C(=O)NS(=O)(=O)C2(C)CC2)NC(=O)C2CC(Oc3nc(OC(C)C)cc4ccccc34)CN2C(=O)C(NC(=O)OC(C)(C)C)C(C)C1. The molecule has 1 aromatic carbocycles. The Morgan fingerprint density at radius 2 is 1.80 bits per heavy atom. The summed E-state index contributed by atoms with van der Waals surface area (Å²) in [4.78, 5) is 62.7. The number of hydrogen-bond acceptors (Lipinski definition) is 10. The van der Waals surface area contributed by atoms with E-state index in [1.165, 1.54) is 4.90 Å². The second kappa shape index (κ2) is 15.5. The number of nitrogens with one attached hydrogen (secondary N) is 3. The Morgan fingerprint density at radius 3 is 2.48 bits per heavy atom. The van der Waals surface area contributed by atoms with Crippen molar-refractivity contribution in [1.29, 1.82) is 0 Å². The highest BCUT2D eigenvalue weighted by atomic mass is 32.2. The third-order valence-electron chi connectivity index (χ3n) is 11.2. The van der Waals surface area contributed by atoms with Gasteiger partial charge in [0.25, 0.3) is 5.91 Å². The second-order valence-corrected chi connectivity index (χ2v) is 19.9. The van der Waals surface area contributed by atoms with Gasteiger partial charge in [0.15, 0.2) is 0 Å². The minimum Gasteiger partial charge on any atom is -0.475 e. The number of rotatable bonds is 8. The first-order valence-electron chi connectivity index (χ1n) is 19.8. The van der Waals surface area contributed by atoms with Crippen LogP contribution in [0, 0.1) is 17.8 Å². The maximum atomic E-state index is 14.8. The predicted octanol–water partition coefficient (Wildman–Crippen LogP) is 5.15. The highest BCUT2D eigenvalue weighted by molar-refractivity contribution is 7.91. The Balaban J connectivity index is 1.36. The molecule has 3 N–H and O–H groups in total. The largest absolute Gasteiger partial charge is 0.475 e. The molecule has 7 atom stereocenters. The van der Waals surface area contributed by atoms with E-state index in [1.807, 2.05) is 63.3 Å². The van der Waals surface area contributed by atoms with Gasteiger partial charge in [0, 0.05) is 23.8 Å². The zero-order valence-corrected chi connectivity index (χ0v) is 34.5. The van der Waals surface area contributed by atoms with Crippen LogP contribution in [0.1, 0.15) is 100 Å². The number of carbonyl (C=O) groups excluding carboxylic acids is 4. The van der Waals surface area contributed by atoms with Crippen LogP contribution in [0.4, 0.5) is 4.79 Å². The highest BCUT2D eigenvalue weighted by Crippen LogP contribution is 2.47. The number of amides is 4. The van der Waals surface area contributed by atoms with Crippen molar-refractivity contribution >= 4 is 44.6 Å². The van der Waals surface area contributed by atoms with Crippen molar-refractivity contribution in [3.8, 4) is 11.8 Å². The van der Waals surface area contributed by atoms with E-state index in [9.17, 15) is 27.6 Å². The number of benzene rings is 1. The quantitative estimate of drug-likeness (QED) is 0.303. The van der Waals surface area contributed by atoms with Gasteiger partial charge >= 0.3 is 6.09 Å². The number of aromatic nitrogens is 1. The summed E-state index contributed by atoms with van der Waals surface area (Å²) in [6, 6.07) is 7.16. The zero-order valence-electron chi connectivity index (χ0n) is 33.7. The first kappa shape index (κ1) is 41.2. The number of ether oxygens (including phenoxy) is 3. The van der Waals surface area contributed by atoms with Crippen molar-refractivity contribution < 1.29 is 41.8 Å². The fourth-order valence-corrected chi connectivity index (χ4v) is 9.04. The molecule has 2 saturated carbocycles. The Kier molecular flexibility index (Phi) is 11.4. The van der Waals surface area contributed by atoms with Crippen LogP contribution in [0.3, 0.4) is 0 Å². The molecule has 7 unspecified atom stereocenters. The Hall–Kier alpha value is -4.40. The van der Waals surface area contributed by atoms with Crippen LogP contribution in [0.5, 0.6) is 11.8 Å². The topological polar surface area (TPSA) is 182 Å². The van der Waals surface area contributed by atoms with E-state index in [1.54, 1.807) is 27.7 Å². The Labute approximate surface area is 329 Å². The van der Waals surface area contributed by atoms with Gasteiger partial charge in [-0.25, -0.2) is 13.2 Å². The molecular weight excluding hydrogens is 739 g/mol. The summed E-state index contributed by atoms with van der Waals surface area (Å²) in [5.74, 6) is -1.96. The number of carbonyl (C=O) groups is 4. The van der Waals surface area contributed by atoms with Gasteiger partial charge in [-0.2, -0.15) is 4.98 Å². The molecule has 56 heavy (non-hydrogen) atoms. The van der Waals surface area contributed by atoms with Gasteiger partial charge in [0.2, 0.25) is 33.6 Å². The molecule has 2 aromatic rings. The summed E-state index contributed by atoms with van der Waals surface area (Å²) in [7, 11) is -4.00. The fourth-order valence-electron chi connectivity index (χ4n) is 7.72. The summed E-state index contributed by atoms with van der Waals surface area (Å²) in [6.45, 7) is 14.5. The molecule has 4 aliphatic rings. The van der Waals surface area contributed by atoms with E-state index in [-0.39, 0.29) is 43.2 Å². The van der Waals surface area contributed by atoms with Crippen LogP contribution >= 0.6 is 0 Å². The Morgan fingerprint density at radius 1 is 1.09 bits per heavy atom. The first-order chi connectivity index (χ1) is 26.2. The lowest BCUT2D eigenvalue weighted by molar-refractivity contribution is -0.142. The van der Waals surface area contributed by atoms with Crippen molar-refractivity contribution in [1.82, 2.24) is 25.2 Å². The standard InChI is InChI=1S/C41H57N5O9S/c1-24(2)53-32-20-27-14-10-12-16-30(27)35(42-32)54-29-21-31-34(47)44-41(37(49)45-56(51,52)40(8)17-18-40)22-28(41)15-11-9-13-25(3)19-26(4)33(36(48)46(31)23-29)43-38(50)55-39(5,6)7/h10-12,14-16,20,24-26,28-29,31,33H,9,13,17-19,21-23H2,1-8H3,(H,43,50)(H,44,47)(H,45,49). The second-order valence-electron chi connectivity index (χ2n) is 17.7. The minimum atomic E-state index is -4.00. The first-order valence-corrected chi connectivity index (χ1v) is 21.3. The monoisotopic (exact) mass is 795 g/mol. The van der Waals surface area contributed by atoms with Gasteiger partial charge in [-0.15, -0.1) is 0 Å². The van der Waals surface area contributed by atoms with E-state index >= 15 is 0 Å². The van der Waals surface area contributed by atoms with Crippen LogP contribution in [0.25, 0.3) is 10.8 Å². The Bertz CT molecular complexity index is 1990. The van der Waals surface area contributed by atoms with Crippen molar-refractivity contribution in [3.05, 3.63) is 42.5 Å². The van der Waals surface area contributed by atoms with Gasteiger partial charge in [0.05, 0.1) is 17.4 Å². The van der Waals surface area contributed by atoms with E-state index < -0.39 is 73.8 Å². The molecule has 6 rings (SSSR count). The lowest BCUT2D eigenvalue weighted by Crippen LogP contribution is -2.59. The number of pyridine rings is 1. The van der Waals surface area contributed by atoms with Crippen LogP contribution in [-0.2, 0) is 29.1 Å². The number of sulfonamides is 1. The van der Waals surface area contributed by atoms with E-state index in [4.69, 9.17) is 14.2 Å². The molecule has 2 aliphatic heterocycles. The molecule has 4 amide bonds. The van der Waals surface area contributed by atoms with Gasteiger partial charge in [-0.05, 0) is 103 Å². The highest BCUT2D eigenvalue weighted by Gasteiger charge is 2.63. The number of hydrogen-bond donors (Lipinski definition) is 3. The average molecular weight is 796 g/mol. The van der Waals surface area contributed by atoms with Crippen molar-refractivity contribution in [2.45, 2.75) is 141 Å². The molecule has 3 heterocycles. The van der Waals surface area contributed by atoms with Gasteiger partial charge in [0.1, 0.15) is 29.3 Å². The third kappa shape index (κ3) is 9.08. The molecule has 2 aliphatic carbocycles. The van der Waals surface area contributed by atoms with Crippen molar-refractivity contribution in [2.24, 2.45) is 17.8 Å². The summed E-state index contributed by atoms with van der Waals surface area (Å²) in [5.41, 5.74) is -2.36. The lowest BCUT2D eigenvalue weighted by atomic mass is 9.88. The summed E-state index contributed by atoms with van der Waals surface area (Å²) in [6.07, 6.45) is 5.32. The molecule has 3 fully saturated rings. The van der Waals surface area contributed by atoms with Crippen molar-refractivity contribution in [2.75, 3.05) is 6.54 Å². The van der Waals surface area contributed by atoms with Crippen LogP contribution in [0.15, 0.2) is 42.5 Å². The van der Waals surface area contributed by atoms with Gasteiger partial charge < -0.3 is 29.7 Å². The summed E-state index contributed by atoms with van der Waals surface area (Å²) < 4.78 is 45.7. The number of fused-ring (bicyclic) bond motifs is 3. The lowest BCUT2D eigenvalue weighted by Gasteiger charge is -2.33. The fraction of sp³-hybridized carbons (Fsp3) is 0.634. The number of allylic oxidation sites excluding steroid dienone is 1. The molecule has 15 heteroatoms. The molecule has 1 aromatic heterocycles. The summed E-state index contributed by atoms with van der Waals surface area (Å²) in [5, 5.41) is 7.27. The molecule has 1 saturated heterocycles. The molecule has 0 spiro atoms. The molecule has 0 bridgehead atoms. The molecule has 306 valence electrons. The van der Waals surface area contributed by atoms with E-state index in [0.717, 1.165) is 11.8 Å². The van der Waals surface area contributed by atoms with Crippen LogP contribution in [0.2, 0.25) is 0 Å². The molecule has 14 nitrogen and oxygen atoms in total. The maximum Gasteiger partial charge on any atom is 0.408 e. The number of alkyl carbamates (subject to hydrolysis) is 1. The minimum absolute atomic E-state index is 0.0291. The molecular formula is C41H57N5O9S. The van der Waals surface area contributed by atoms with Crippen molar-refractivity contribution in [3.63, 3.8) is 0 Å². The van der Waals surface area contributed by atoms with Crippen LogP contribution in [-0.4, -0.2) is 88.8 Å².